The van der Waals surface area contributed by atoms with Crippen LogP contribution in [0, 0.1) is 13.8 Å². The highest BCUT2D eigenvalue weighted by Gasteiger charge is 2.42. The van der Waals surface area contributed by atoms with Gasteiger partial charge < -0.3 is 29.2 Å². The Labute approximate surface area is 271 Å². The van der Waals surface area contributed by atoms with Crippen LogP contribution in [-0.2, 0) is 0 Å². The maximum Gasteiger partial charge on any atom is 0.174 e. The number of hydrogen-bond acceptors (Lipinski definition) is 5. The molecule has 0 spiro atoms. The van der Waals surface area contributed by atoms with Crippen molar-refractivity contribution >= 4 is 28.7 Å². The SMILES string of the molecule is CCN(CC)c1ccc(-n2c(C)cc([C@H]3[C@H](c4ccccn4)NC(=S)N3c3ccc(Oc4ccc(OC)cc4)cc3)c2C)cc1. The van der Waals surface area contributed by atoms with E-state index in [0.29, 0.717) is 5.11 Å². The van der Waals surface area contributed by atoms with E-state index in [-0.39, 0.29) is 12.1 Å². The summed E-state index contributed by atoms with van der Waals surface area (Å²) in [6.07, 6.45) is 1.84. The van der Waals surface area contributed by atoms with Crippen molar-refractivity contribution in [1.82, 2.24) is 14.9 Å². The third kappa shape index (κ3) is 5.98. The molecule has 0 amide bonds. The van der Waals surface area contributed by atoms with Crippen molar-refractivity contribution in [3.05, 3.63) is 126 Å². The first-order chi connectivity index (χ1) is 21.9. The number of aryl methyl sites for hydroxylation is 1. The molecule has 1 fully saturated rings. The normalized spacial score (nSPS) is 16.0. The summed E-state index contributed by atoms with van der Waals surface area (Å²) in [5, 5.41) is 4.26. The van der Waals surface area contributed by atoms with E-state index in [4.69, 9.17) is 26.7 Å². The molecule has 0 radical (unpaired) electrons. The fraction of sp³-hybridized carbons (Fsp3) is 0.243. The number of methoxy groups -OCH3 is 1. The van der Waals surface area contributed by atoms with E-state index in [1.807, 2.05) is 54.7 Å². The summed E-state index contributed by atoms with van der Waals surface area (Å²) >= 11 is 6.01. The minimum atomic E-state index is -0.132. The minimum absolute atomic E-state index is 0.115. The summed E-state index contributed by atoms with van der Waals surface area (Å²) in [6, 6.07) is 32.6. The molecule has 7 nitrogen and oxygen atoms in total. The van der Waals surface area contributed by atoms with Crippen LogP contribution >= 0.6 is 12.2 Å². The highest BCUT2D eigenvalue weighted by molar-refractivity contribution is 7.80. The zero-order chi connectivity index (χ0) is 31.5. The first-order valence-electron chi connectivity index (χ1n) is 15.4. The molecule has 0 aliphatic carbocycles. The Hall–Kier alpha value is -4.82. The molecule has 5 aromatic rings. The number of nitrogens with one attached hydrogen (secondary N) is 1. The van der Waals surface area contributed by atoms with Crippen molar-refractivity contribution in [2.24, 2.45) is 0 Å². The van der Waals surface area contributed by atoms with Gasteiger partial charge in [0, 0.05) is 47.7 Å². The minimum Gasteiger partial charge on any atom is -0.497 e. The van der Waals surface area contributed by atoms with Gasteiger partial charge in [-0.05, 0) is 136 Å². The average molecular weight is 618 g/mol. The predicted octanol–water partition coefficient (Wildman–Crippen LogP) is 8.31. The van der Waals surface area contributed by atoms with Gasteiger partial charge in [0.05, 0.1) is 24.9 Å². The summed E-state index contributed by atoms with van der Waals surface area (Å²) in [6.45, 7) is 10.7. The van der Waals surface area contributed by atoms with Crippen LogP contribution < -0.4 is 24.6 Å². The highest BCUT2D eigenvalue weighted by atomic mass is 32.1. The van der Waals surface area contributed by atoms with E-state index in [9.17, 15) is 0 Å². The second-order valence-corrected chi connectivity index (χ2v) is 11.5. The quantitative estimate of drug-likeness (QED) is 0.158. The number of rotatable bonds is 10. The number of aromatic nitrogens is 2. The molecule has 3 aromatic carbocycles. The average Bonchev–Trinajstić information content (AvgIpc) is 3.57. The van der Waals surface area contributed by atoms with Crippen molar-refractivity contribution in [3.8, 4) is 22.9 Å². The molecular weight excluding hydrogens is 579 g/mol. The highest BCUT2D eigenvalue weighted by Crippen LogP contribution is 2.44. The maximum absolute atomic E-state index is 6.11. The Balaban J connectivity index is 1.36. The van der Waals surface area contributed by atoms with E-state index in [2.05, 4.69) is 95.9 Å². The van der Waals surface area contributed by atoms with E-state index >= 15 is 0 Å². The molecule has 0 saturated carbocycles. The van der Waals surface area contributed by atoms with Crippen molar-refractivity contribution < 1.29 is 9.47 Å². The third-order valence-electron chi connectivity index (χ3n) is 8.53. The molecule has 1 saturated heterocycles. The fourth-order valence-corrected chi connectivity index (χ4v) is 6.64. The lowest BCUT2D eigenvalue weighted by molar-refractivity contribution is 0.413. The van der Waals surface area contributed by atoms with Gasteiger partial charge in [-0.1, -0.05) is 6.07 Å². The molecule has 6 rings (SSSR count). The summed E-state index contributed by atoms with van der Waals surface area (Å²) in [5.74, 6) is 2.27. The van der Waals surface area contributed by atoms with Gasteiger partial charge >= 0.3 is 0 Å². The second-order valence-electron chi connectivity index (χ2n) is 11.1. The Morgan fingerprint density at radius 2 is 1.44 bits per heavy atom. The van der Waals surface area contributed by atoms with Crippen LogP contribution in [0.5, 0.6) is 17.2 Å². The van der Waals surface area contributed by atoms with Gasteiger partial charge in [0.15, 0.2) is 5.11 Å². The Bertz CT molecular complexity index is 1750. The molecule has 3 heterocycles. The summed E-state index contributed by atoms with van der Waals surface area (Å²) in [4.78, 5) is 9.31. The molecule has 2 aromatic heterocycles. The van der Waals surface area contributed by atoms with Gasteiger partial charge in [-0.3, -0.25) is 4.98 Å². The van der Waals surface area contributed by atoms with Crippen molar-refractivity contribution in [2.45, 2.75) is 39.8 Å². The Morgan fingerprint density at radius 3 is 2.04 bits per heavy atom. The number of nitrogens with zero attached hydrogens (tertiary/aromatic N) is 4. The van der Waals surface area contributed by atoms with Crippen molar-refractivity contribution in [2.75, 3.05) is 30.0 Å². The smallest absolute Gasteiger partial charge is 0.174 e. The van der Waals surface area contributed by atoms with Crippen LogP contribution in [0.25, 0.3) is 5.69 Å². The lowest BCUT2D eigenvalue weighted by Gasteiger charge is -2.28. The van der Waals surface area contributed by atoms with Crippen LogP contribution in [0.4, 0.5) is 11.4 Å². The van der Waals surface area contributed by atoms with E-state index < -0.39 is 0 Å². The van der Waals surface area contributed by atoms with E-state index in [1.54, 1.807) is 7.11 Å². The van der Waals surface area contributed by atoms with Crippen molar-refractivity contribution in [3.63, 3.8) is 0 Å². The number of hydrogen-bond donors (Lipinski definition) is 1. The monoisotopic (exact) mass is 617 g/mol. The van der Waals surface area contributed by atoms with E-state index in [1.165, 1.54) is 22.6 Å². The molecule has 0 bridgehead atoms. The topological polar surface area (TPSA) is 54.8 Å². The molecule has 45 heavy (non-hydrogen) atoms. The molecule has 2 atom stereocenters. The first-order valence-corrected chi connectivity index (χ1v) is 15.8. The van der Waals surface area contributed by atoms with E-state index in [0.717, 1.165) is 47.4 Å². The molecule has 1 N–H and O–H groups in total. The molecule has 230 valence electrons. The molecular formula is C37H39N5O2S. The molecule has 1 aliphatic heterocycles. The number of thiocarbonyl (C=S) groups is 1. The van der Waals surface area contributed by atoms with Crippen LogP contribution in [-0.4, -0.2) is 34.9 Å². The lowest BCUT2D eigenvalue weighted by Crippen LogP contribution is -2.29. The van der Waals surface area contributed by atoms with Gasteiger partial charge in [0.2, 0.25) is 0 Å². The summed E-state index contributed by atoms with van der Waals surface area (Å²) in [5.41, 5.74) is 7.83. The van der Waals surface area contributed by atoms with Gasteiger partial charge in [-0.25, -0.2) is 0 Å². The standard InChI is InChI=1S/C37H39N5O2S/c1-6-40(7-2)27-11-13-28(14-12-27)41-25(3)24-33(26(41)4)36-35(34-10-8-9-23-38-34)39-37(45)42(36)29-15-17-31(18-16-29)44-32-21-19-30(43-5)20-22-32/h8-24,35-36H,6-7H2,1-5H3,(H,39,45)/t35-,36-/m0/s1. The second kappa shape index (κ2) is 13.0. The zero-order valence-electron chi connectivity index (χ0n) is 26.4. The van der Waals surface area contributed by atoms with Crippen LogP contribution in [0.3, 0.4) is 0 Å². The van der Waals surface area contributed by atoms with Crippen molar-refractivity contribution in [1.29, 1.82) is 0 Å². The number of ether oxygens (including phenoxy) is 2. The summed E-state index contributed by atoms with van der Waals surface area (Å²) in [7, 11) is 1.65. The lowest BCUT2D eigenvalue weighted by atomic mass is 9.96. The number of pyridine rings is 1. The fourth-order valence-electron chi connectivity index (χ4n) is 6.29. The summed E-state index contributed by atoms with van der Waals surface area (Å²) < 4.78 is 13.7. The Kier molecular flexibility index (Phi) is 8.76. The molecule has 1 aliphatic rings. The Morgan fingerprint density at radius 1 is 0.822 bits per heavy atom. The van der Waals surface area contributed by atoms with Crippen LogP contribution in [0.1, 0.15) is 48.6 Å². The largest absolute Gasteiger partial charge is 0.497 e. The van der Waals surface area contributed by atoms with Gasteiger partial charge in [0.25, 0.3) is 0 Å². The first kappa shape index (κ1) is 30.2. The van der Waals surface area contributed by atoms with Crippen LogP contribution in [0.2, 0.25) is 0 Å². The maximum atomic E-state index is 6.11. The van der Waals surface area contributed by atoms with Gasteiger partial charge in [0.1, 0.15) is 17.2 Å². The predicted molar refractivity (Wildman–Crippen MR) is 186 cm³/mol. The third-order valence-corrected chi connectivity index (χ3v) is 8.85. The number of benzene rings is 3. The molecule has 8 heteroatoms. The molecule has 0 unspecified atom stereocenters. The number of anilines is 2. The van der Waals surface area contributed by atoms with Gasteiger partial charge in [-0.2, -0.15) is 0 Å². The van der Waals surface area contributed by atoms with Crippen LogP contribution in [0.15, 0.2) is 103 Å². The zero-order valence-corrected chi connectivity index (χ0v) is 27.2. The van der Waals surface area contributed by atoms with Gasteiger partial charge in [-0.15, -0.1) is 0 Å².